The first-order valence-corrected chi connectivity index (χ1v) is 10.7. The average molecular weight is 546 g/mol. The predicted molar refractivity (Wildman–Crippen MR) is 126 cm³/mol. The van der Waals surface area contributed by atoms with Crippen molar-refractivity contribution in [3.63, 3.8) is 0 Å². The van der Waals surface area contributed by atoms with Crippen LogP contribution >= 0.6 is 31.9 Å². The van der Waals surface area contributed by atoms with Crippen LogP contribution in [0.25, 0.3) is 0 Å². The topological polar surface area (TPSA) is 77.0 Å². The molecule has 0 radical (unpaired) electrons. The van der Waals surface area contributed by atoms with E-state index < -0.39 is 5.97 Å². The zero-order valence-corrected chi connectivity index (χ0v) is 19.9. The van der Waals surface area contributed by atoms with Gasteiger partial charge in [0.2, 0.25) is 0 Å². The number of carbonyl (C=O) groups is 2. The van der Waals surface area contributed by atoms with Gasteiger partial charge in [-0.05, 0) is 80.7 Å². The SMILES string of the molecule is COc1cc(C=NNC(=O)c2ccccc2Br)cc(Br)c1OC(=O)c1ccc(C)cc1. The number of nitrogens with zero attached hydrogens (tertiary/aromatic N) is 1. The highest BCUT2D eigenvalue weighted by Crippen LogP contribution is 2.36. The van der Waals surface area contributed by atoms with E-state index in [0.717, 1.165) is 5.56 Å². The van der Waals surface area contributed by atoms with Crippen molar-refractivity contribution in [2.75, 3.05) is 7.11 Å². The van der Waals surface area contributed by atoms with Crippen molar-refractivity contribution in [3.8, 4) is 11.5 Å². The van der Waals surface area contributed by atoms with Crippen molar-refractivity contribution >= 4 is 50.0 Å². The second-order valence-corrected chi connectivity index (χ2v) is 8.18. The number of amides is 1. The highest BCUT2D eigenvalue weighted by molar-refractivity contribution is 9.10. The van der Waals surface area contributed by atoms with Gasteiger partial charge in [0, 0.05) is 4.47 Å². The number of nitrogens with one attached hydrogen (secondary N) is 1. The first-order valence-electron chi connectivity index (χ1n) is 9.13. The summed E-state index contributed by atoms with van der Waals surface area (Å²) in [6.45, 7) is 1.94. The molecule has 3 aromatic carbocycles. The third-order valence-corrected chi connectivity index (χ3v) is 5.51. The molecule has 0 aliphatic rings. The summed E-state index contributed by atoms with van der Waals surface area (Å²) < 4.78 is 12.1. The van der Waals surface area contributed by atoms with Crippen LogP contribution in [-0.4, -0.2) is 25.2 Å². The Morgan fingerprint density at radius 1 is 1.00 bits per heavy atom. The molecule has 0 spiro atoms. The molecule has 31 heavy (non-hydrogen) atoms. The average Bonchev–Trinajstić information content (AvgIpc) is 2.76. The van der Waals surface area contributed by atoms with Crippen LogP contribution in [0.1, 0.15) is 31.8 Å². The van der Waals surface area contributed by atoms with Crippen LogP contribution in [0.2, 0.25) is 0 Å². The number of carbonyl (C=O) groups excluding carboxylic acids is 2. The number of halogens is 2. The zero-order chi connectivity index (χ0) is 22.4. The molecule has 8 heteroatoms. The number of esters is 1. The largest absolute Gasteiger partial charge is 0.493 e. The molecule has 0 saturated carbocycles. The van der Waals surface area contributed by atoms with Gasteiger partial charge in [0.25, 0.3) is 5.91 Å². The van der Waals surface area contributed by atoms with E-state index in [4.69, 9.17) is 9.47 Å². The molecular formula is C23H18Br2N2O4. The fraction of sp³-hybridized carbons (Fsp3) is 0.0870. The van der Waals surface area contributed by atoms with Crippen LogP contribution in [0.4, 0.5) is 0 Å². The van der Waals surface area contributed by atoms with E-state index in [1.54, 1.807) is 42.5 Å². The summed E-state index contributed by atoms with van der Waals surface area (Å²) in [4.78, 5) is 24.7. The number of hydrogen-bond acceptors (Lipinski definition) is 5. The summed E-state index contributed by atoms with van der Waals surface area (Å²) in [5, 5.41) is 3.99. The Morgan fingerprint density at radius 2 is 1.71 bits per heavy atom. The molecule has 0 fully saturated rings. The van der Waals surface area contributed by atoms with E-state index in [-0.39, 0.29) is 11.7 Å². The maximum Gasteiger partial charge on any atom is 0.343 e. The molecule has 0 aliphatic heterocycles. The molecule has 1 amide bonds. The lowest BCUT2D eigenvalue weighted by Gasteiger charge is -2.12. The Hall–Kier alpha value is -2.97. The quantitative estimate of drug-likeness (QED) is 0.192. The van der Waals surface area contributed by atoms with Crippen molar-refractivity contribution < 1.29 is 19.1 Å². The number of benzene rings is 3. The van der Waals surface area contributed by atoms with Gasteiger partial charge in [-0.15, -0.1) is 0 Å². The summed E-state index contributed by atoms with van der Waals surface area (Å²) >= 11 is 6.74. The van der Waals surface area contributed by atoms with E-state index in [1.165, 1.54) is 13.3 Å². The van der Waals surface area contributed by atoms with E-state index in [2.05, 4.69) is 42.4 Å². The highest BCUT2D eigenvalue weighted by atomic mass is 79.9. The van der Waals surface area contributed by atoms with Crippen LogP contribution in [0.3, 0.4) is 0 Å². The minimum Gasteiger partial charge on any atom is -0.493 e. The predicted octanol–water partition coefficient (Wildman–Crippen LogP) is 5.51. The highest BCUT2D eigenvalue weighted by Gasteiger charge is 2.17. The molecule has 0 heterocycles. The number of aryl methyl sites for hydroxylation is 1. The Labute approximate surface area is 196 Å². The normalized spacial score (nSPS) is 10.7. The fourth-order valence-electron chi connectivity index (χ4n) is 2.63. The first-order chi connectivity index (χ1) is 14.9. The van der Waals surface area contributed by atoms with Gasteiger partial charge in [-0.25, -0.2) is 10.2 Å². The van der Waals surface area contributed by atoms with Gasteiger partial charge < -0.3 is 9.47 Å². The van der Waals surface area contributed by atoms with E-state index in [0.29, 0.717) is 31.4 Å². The standard InChI is InChI=1S/C23H18Br2N2O4/c1-14-7-9-16(10-8-14)23(29)31-21-19(25)11-15(12-20(21)30-2)13-26-27-22(28)17-5-3-4-6-18(17)24/h3-13H,1-2H3,(H,27,28). The molecule has 0 atom stereocenters. The molecular weight excluding hydrogens is 528 g/mol. The van der Waals surface area contributed by atoms with Crippen LogP contribution in [0, 0.1) is 6.92 Å². The third-order valence-electron chi connectivity index (χ3n) is 4.23. The van der Waals surface area contributed by atoms with Crippen LogP contribution in [0.15, 0.2) is 74.7 Å². The molecule has 6 nitrogen and oxygen atoms in total. The number of ether oxygens (including phenoxy) is 2. The number of methoxy groups -OCH3 is 1. The number of hydrogen-bond donors (Lipinski definition) is 1. The third kappa shape index (κ3) is 5.80. The van der Waals surface area contributed by atoms with Crippen molar-refractivity contribution in [2.45, 2.75) is 6.92 Å². The Bertz CT molecular complexity index is 1140. The summed E-state index contributed by atoms with van der Waals surface area (Å²) in [7, 11) is 1.47. The van der Waals surface area contributed by atoms with Gasteiger partial charge >= 0.3 is 5.97 Å². The minimum atomic E-state index is -0.499. The maximum absolute atomic E-state index is 12.5. The minimum absolute atomic E-state index is 0.252. The lowest BCUT2D eigenvalue weighted by atomic mass is 10.1. The number of hydrazone groups is 1. The van der Waals surface area contributed by atoms with Gasteiger partial charge in [-0.3, -0.25) is 4.79 Å². The van der Waals surface area contributed by atoms with Crippen molar-refractivity contribution in [2.24, 2.45) is 5.10 Å². The molecule has 3 rings (SSSR count). The monoisotopic (exact) mass is 544 g/mol. The van der Waals surface area contributed by atoms with Crippen molar-refractivity contribution in [1.29, 1.82) is 0 Å². The molecule has 158 valence electrons. The molecule has 0 aliphatic carbocycles. The van der Waals surface area contributed by atoms with Gasteiger partial charge in [0.05, 0.1) is 28.9 Å². The van der Waals surface area contributed by atoms with E-state index >= 15 is 0 Å². The first kappa shape index (κ1) is 22.7. The molecule has 0 saturated heterocycles. The smallest absolute Gasteiger partial charge is 0.343 e. The van der Waals surface area contributed by atoms with E-state index in [9.17, 15) is 9.59 Å². The van der Waals surface area contributed by atoms with Gasteiger partial charge in [0.15, 0.2) is 11.5 Å². The fourth-order valence-corrected chi connectivity index (χ4v) is 3.63. The van der Waals surface area contributed by atoms with Crippen molar-refractivity contribution in [1.82, 2.24) is 5.43 Å². The van der Waals surface area contributed by atoms with Crippen LogP contribution in [0.5, 0.6) is 11.5 Å². The lowest BCUT2D eigenvalue weighted by Crippen LogP contribution is -2.18. The Balaban J connectivity index is 1.75. The summed E-state index contributed by atoms with van der Waals surface area (Å²) in [6, 6.07) is 17.5. The summed E-state index contributed by atoms with van der Waals surface area (Å²) in [6.07, 6.45) is 1.47. The molecule has 0 unspecified atom stereocenters. The van der Waals surface area contributed by atoms with E-state index in [1.807, 2.05) is 25.1 Å². The van der Waals surface area contributed by atoms with Crippen LogP contribution < -0.4 is 14.9 Å². The zero-order valence-electron chi connectivity index (χ0n) is 16.7. The summed E-state index contributed by atoms with van der Waals surface area (Å²) in [5.41, 5.74) is 5.05. The number of rotatable bonds is 6. The lowest BCUT2D eigenvalue weighted by molar-refractivity contribution is 0.0728. The summed E-state index contributed by atoms with van der Waals surface area (Å²) in [5.74, 6) is -0.254. The molecule has 1 N–H and O–H groups in total. The van der Waals surface area contributed by atoms with Crippen molar-refractivity contribution in [3.05, 3.63) is 91.9 Å². The maximum atomic E-state index is 12.5. The molecule has 3 aromatic rings. The van der Waals surface area contributed by atoms with Gasteiger partial charge in [-0.1, -0.05) is 29.8 Å². The molecule has 0 aromatic heterocycles. The second kappa shape index (κ2) is 10.4. The van der Waals surface area contributed by atoms with Gasteiger partial charge in [-0.2, -0.15) is 5.10 Å². The van der Waals surface area contributed by atoms with Gasteiger partial charge in [0.1, 0.15) is 0 Å². The van der Waals surface area contributed by atoms with Crippen LogP contribution in [-0.2, 0) is 0 Å². The Kier molecular flexibility index (Phi) is 7.59. The Morgan fingerprint density at radius 3 is 2.39 bits per heavy atom. The molecule has 0 bridgehead atoms. The second-order valence-electron chi connectivity index (χ2n) is 6.47.